The molecule has 0 aromatic heterocycles. The topological polar surface area (TPSA) is 66.4 Å². The average molecular weight is 372 g/mol. The van der Waals surface area contributed by atoms with E-state index >= 15 is 0 Å². The quantitative estimate of drug-likeness (QED) is 0.841. The average Bonchev–Trinajstić information content (AvgIpc) is 3.33. The second kappa shape index (κ2) is 7.66. The van der Waals surface area contributed by atoms with Crippen LogP contribution in [0.15, 0.2) is 36.4 Å². The van der Waals surface area contributed by atoms with Gasteiger partial charge in [0.1, 0.15) is 0 Å². The van der Waals surface area contributed by atoms with Crippen molar-refractivity contribution in [1.29, 1.82) is 0 Å². The molecule has 3 atom stereocenters. The number of benzene rings is 2. The lowest BCUT2D eigenvalue weighted by molar-refractivity contribution is 0.0717. The Balaban J connectivity index is 1.52. The highest BCUT2D eigenvalue weighted by atomic mass is 16.7. The van der Waals surface area contributed by atoms with Gasteiger partial charge in [-0.15, -0.1) is 0 Å². The Morgan fingerprint density at radius 3 is 2.59 bits per heavy atom. The van der Waals surface area contributed by atoms with Gasteiger partial charge >= 0.3 is 0 Å². The second-order valence-corrected chi connectivity index (χ2v) is 6.87. The van der Waals surface area contributed by atoms with Crippen molar-refractivity contribution in [3.63, 3.8) is 0 Å². The summed E-state index contributed by atoms with van der Waals surface area (Å²) in [6, 6.07) is 11.8. The number of hydrogen-bond acceptors (Lipinski definition) is 6. The van der Waals surface area contributed by atoms with Crippen molar-refractivity contribution >= 4 is 0 Å². The molecular weight excluding hydrogens is 348 g/mol. The molecule has 6 nitrogen and oxygen atoms in total. The van der Waals surface area contributed by atoms with Gasteiger partial charge in [-0.2, -0.15) is 0 Å². The van der Waals surface area contributed by atoms with Gasteiger partial charge in [0.25, 0.3) is 0 Å². The van der Waals surface area contributed by atoms with Crippen LogP contribution in [0.2, 0.25) is 0 Å². The maximum atomic E-state index is 10.0. The number of hydrogen-bond donors (Lipinski definition) is 1. The summed E-state index contributed by atoms with van der Waals surface area (Å²) in [5.41, 5.74) is 2.14. The highest BCUT2D eigenvalue weighted by Gasteiger charge is 2.38. The summed E-state index contributed by atoms with van der Waals surface area (Å²) in [6.07, 6.45) is 0.641. The summed E-state index contributed by atoms with van der Waals surface area (Å²) in [5.74, 6) is 3.12. The van der Waals surface area contributed by atoms with Gasteiger partial charge < -0.3 is 28.8 Å². The first-order valence-corrected chi connectivity index (χ1v) is 9.06. The standard InChI is InChI=1S/C21H24O6/c1-23-17-5-3-13(8-19(17)24-2)7-15-11-25-21(16(15)10-22)14-4-6-18-20(9-14)27-12-26-18/h3-6,8-9,15-16,21-22H,7,10-12H2,1-2H3. The molecule has 6 heteroatoms. The van der Waals surface area contributed by atoms with Gasteiger partial charge in [-0.05, 0) is 47.7 Å². The molecule has 0 spiro atoms. The van der Waals surface area contributed by atoms with E-state index in [9.17, 15) is 5.11 Å². The molecular formula is C21H24O6. The van der Waals surface area contributed by atoms with Gasteiger partial charge in [0.15, 0.2) is 23.0 Å². The van der Waals surface area contributed by atoms with Crippen molar-refractivity contribution in [3.05, 3.63) is 47.5 Å². The molecule has 2 aromatic carbocycles. The Kier molecular flexibility index (Phi) is 5.09. The van der Waals surface area contributed by atoms with Crippen molar-refractivity contribution in [2.75, 3.05) is 34.2 Å². The second-order valence-electron chi connectivity index (χ2n) is 6.87. The normalized spacial score (nSPS) is 23.4. The molecule has 2 aliphatic rings. The fraction of sp³-hybridized carbons (Fsp3) is 0.429. The van der Waals surface area contributed by atoms with Crippen LogP contribution >= 0.6 is 0 Å². The van der Waals surface area contributed by atoms with Gasteiger partial charge in [-0.1, -0.05) is 12.1 Å². The van der Waals surface area contributed by atoms with E-state index in [-0.39, 0.29) is 31.3 Å². The molecule has 27 heavy (non-hydrogen) atoms. The highest BCUT2D eigenvalue weighted by Crippen LogP contribution is 2.43. The molecule has 0 aliphatic carbocycles. The number of fused-ring (bicyclic) bond motifs is 1. The van der Waals surface area contributed by atoms with Gasteiger partial charge in [0.2, 0.25) is 6.79 Å². The highest BCUT2D eigenvalue weighted by molar-refractivity contribution is 5.45. The molecule has 2 aliphatic heterocycles. The first-order valence-electron chi connectivity index (χ1n) is 9.06. The Hall–Kier alpha value is -2.44. The van der Waals surface area contributed by atoms with Gasteiger partial charge in [-0.25, -0.2) is 0 Å². The van der Waals surface area contributed by atoms with Crippen LogP contribution in [0.1, 0.15) is 17.2 Å². The third-order valence-corrected chi connectivity index (χ3v) is 5.37. The SMILES string of the molecule is COc1ccc(CC2COC(c3ccc4c(c3)OCO4)C2CO)cc1OC. The van der Waals surface area contributed by atoms with Crippen LogP contribution in [0.3, 0.4) is 0 Å². The van der Waals surface area contributed by atoms with Crippen LogP contribution in [0, 0.1) is 11.8 Å². The van der Waals surface area contributed by atoms with Crippen LogP contribution in [0.4, 0.5) is 0 Å². The minimum absolute atomic E-state index is 0.0125. The number of aliphatic hydroxyl groups excluding tert-OH is 1. The molecule has 4 rings (SSSR count). The minimum Gasteiger partial charge on any atom is -0.493 e. The summed E-state index contributed by atoms with van der Waals surface area (Å²) >= 11 is 0. The molecule has 1 N–H and O–H groups in total. The monoisotopic (exact) mass is 372 g/mol. The summed E-state index contributed by atoms with van der Waals surface area (Å²) in [7, 11) is 3.26. The Morgan fingerprint density at radius 2 is 1.81 bits per heavy atom. The summed E-state index contributed by atoms with van der Waals surface area (Å²) in [4.78, 5) is 0. The van der Waals surface area contributed by atoms with E-state index in [0.717, 1.165) is 29.0 Å². The van der Waals surface area contributed by atoms with E-state index in [0.29, 0.717) is 18.1 Å². The number of rotatable bonds is 6. The molecule has 1 fully saturated rings. The number of methoxy groups -OCH3 is 2. The predicted octanol–water partition coefficient (Wildman–Crippen LogP) is 2.97. The van der Waals surface area contributed by atoms with E-state index < -0.39 is 0 Å². The molecule has 0 bridgehead atoms. The van der Waals surface area contributed by atoms with Crippen LogP contribution in [0.5, 0.6) is 23.0 Å². The molecule has 0 saturated carbocycles. The zero-order valence-corrected chi connectivity index (χ0v) is 15.5. The first kappa shape index (κ1) is 17.9. The number of aliphatic hydroxyl groups is 1. The molecule has 0 radical (unpaired) electrons. The van der Waals surface area contributed by atoms with Crippen molar-refractivity contribution in [2.45, 2.75) is 12.5 Å². The molecule has 2 aromatic rings. The van der Waals surface area contributed by atoms with E-state index in [1.165, 1.54) is 0 Å². The number of ether oxygens (including phenoxy) is 5. The van der Waals surface area contributed by atoms with Gasteiger partial charge in [0.05, 0.1) is 26.9 Å². The van der Waals surface area contributed by atoms with Crippen molar-refractivity contribution < 1.29 is 28.8 Å². The van der Waals surface area contributed by atoms with Crippen molar-refractivity contribution in [2.24, 2.45) is 11.8 Å². The van der Waals surface area contributed by atoms with E-state index in [1.807, 2.05) is 36.4 Å². The van der Waals surface area contributed by atoms with Crippen LogP contribution < -0.4 is 18.9 Å². The van der Waals surface area contributed by atoms with Crippen LogP contribution in [-0.4, -0.2) is 39.3 Å². The fourth-order valence-corrected chi connectivity index (χ4v) is 3.92. The molecule has 0 amide bonds. The van der Waals surface area contributed by atoms with Crippen molar-refractivity contribution in [3.8, 4) is 23.0 Å². The maximum absolute atomic E-state index is 10.0. The largest absolute Gasteiger partial charge is 0.493 e. The molecule has 3 unspecified atom stereocenters. The smallest absolute Gasteiger partial charge is 0.231 e. The molecule has 144 valence electrons. The zero-order chi connectivity index (χ0) is 18.8. The zero-order valence-electron chi connectivity index (χ0n) is 15.5. The van der Waals surface area contributed by atoms with Crippen LogP contribution in [0.25, 0.3) is 0 Å². The predicted molar refractivity (Wildman–Crippen MR) is 98.6 cm³/mol. The summed E-state index contributed by atoms with van der Waals surface area (Å²) in [5, 5.41) is 10.0. The Morgan fingerprint density at radius 1 is 1.00 bits per heavy atom. The Labute approximate surface area is 158 Å². The van der Waals surface area contributed by atoms with Crippen molar-refractivity contribution in [1.82, 2.24) is 0 Å². The summed E-state index contributed by atoms with van der Waals surface area (Å²) in [6.45, 7) is 0.908. The fourth-order valence-electron chi connectivity index (χ4n) is 3.92. The molecule has 1 saturated heterocycles. The maximum Gasteiger partial charge on any atom is 0.231 e. The Bertz CT molecular complexity index is 805. The lowest BCUT2D eigenvalue weighted by Crippen LogP contribution is -2.21. The third-order valence-electron chi connectivity index (χ3n) is 5.37. The van der Waals surface area contributed by atoms with Gasteiger partial charge in [0, 0.05) is 12.5 Å². The minimum atomic E-state index is -0.158. The first-order chi connectivity index (χ1) is 13.2. The molecule has 2 heterocycles. The lowest BCUT2D eigenvalue weighted by Gasteiger charge is -2.21. The van der Waals surface area contributed by atoms with E-state index in [4.69, 9.17) is 23.7 Å². The van der Waals surface area contributed by atoms with Gasteiger partial charge in [-0.3, -0.25) is 0 Å². The lowest BCUT2D eigenvalue weighted by atomic mass is 9.84. The van der Waals surface area contributed by atoms with E-state index in [2.05, 4.69) is 0 Å². The summed E-state index contributed by atoms with van der Waals surface area (Å²) < 4.78 is 27.6. The third kappa shape index (κ3) is 3.42. The van der Waals surface area contributed by atoms with E-state index in [1.54, 1.807) is 14.2 Å². The van der Waals surface area contributed by atoms with Crippen LogP contribution in [-0.2, 0) is 11.2 Å².